The van der Waals surface area contributed by atoms with Crippen molar-refractivity contribution >= 4 is 34.8 Å². The lowest BCUT2D eigenvalue weighted by Crippen LogP contribution is -2.46. The lowest BCUT2D eigenvalue weighted by molar-refractivity contribution is -0.132. The fourth-order valence-electron chi connectivity index (χ4n) is 2.88. The number of nitrogens with one attached hydrogen (secondary N) is 1. The fraction of sp³-hybridized carbons (Fsp3) is 0.368. The maximum atomic E-state index is 12.3. The number of nitrogens with zero attached hydrogens (tertiary/aromatic N) is 1. The Kier molecular flexibility index (Phi) is 6.52. The van der Waals surface area contributed by atoms with Crippen LogP contribution >= 0.6 is 22.9 Å². The van der Waals surface area contributed by atoms with Crippen molar-refractivity contribution in [3.63, 3.8) is 0 Å². The molecule has 0 unspecified atom stereocenters. The molecule has 1 aromatic heterocycles. The number of carbonyl (C=O) groups is 2. The molecule has 1 aliphatic heterocycles. The number of halogens is 1. The van der Waals surface area contributed by atoms with Gasteiger partial charge in [-0.1, -0.05) is 11.6 Å². The Balaban J connectivity index is 1.36. The Morgan fingerprint density at radius 1 is 1.19 bits per heavy atom. The number of carbonyl (C=O) groups excluding carboxylic acids is 2. The molecule has 5 nitrogen and oxygen atoms in total. The second-order valence-electron chi connectivity index (χ2n) is 6.19. The zero-order valence-corrected chi connectivity index (χ0v) is 15.9. The first kappa shape index (κ1) is 18.7. The van der Waals surface area contributed by atoms with Gasteiger partial charge >= 0.3 is 0 Å². The molecule has 3 rings (SSSR count). The van der Waals surface area contributed by atoms with Crippen molar-refractivity contribution in [1.29, 1.82) is 0 Å². The van der Waals surface area contributed by atoms with E-state index in [2.05, 4.69) is 5.32 Å². The Hall–Kier alpha value is -2.05. The van der Waals surface area contributed by atoms with Gasteiger partial charge in [-0.2, -0.15) is 11.3 Å². The third-order valence-electron chi connectivity index (χ3n) is 4.36. The summed E-state index contributed by atoms with van der Waals surface area (Å²) in [5.41, 5.74) is 0.702. The number of hydrogen-bond donors (Lipinski definition) is 1. The first-order valence-corrected chi connectivity index (χ1v) is 9.93. The zero-order chi connectivity index (χ0) is 18.4. The minimum Gasteiger partial charge on any atom is -0.493 e. The average Bonchev–Trinajstić information content (AvgIpc) is 3.19. The lowest BCUT2D eigenvalue weighted by Gasteiger charge is -2.32. The molecule has 1 saturated heterocycles. The summed E-state index contributed by atoms with van der Waals surface area (Å²) in [6, 6.07) is 9.03. The summed E-state index contributed by atoms with van der Waals surface area (Å²) >= 11 is 7.34. The third kappa shape index (κ3) is 5.22. The van der Waals surface area contributed by atoms with Crippen molar-refractivity contribution in [2.75, 3.05) is 19.7 Å². The smallest absolute Gasteiger partial charge is 0.252 e. The van der Waals surface area contributed by atoms with Crippen LogP contribution in [0.1, 0.15) is 29.6 Å². The van der Waals surface area contributed by atoms with Crippen molar-refractivity contribution < 1.29 is 14.3 Å². The maximum Gasteiger partial charge on any atom is 0.252 e. The first-order chi connectivity index (χ1) is 12.6. The molecule has 2 aromatic rings. The van der Waals surface area contributed by atoms with Crippen LogP contribution in [-0.4, -0.2) is 42.5 Å². The molecule has 1 aromatic carbocycles. The molecule has 0 atom stereocenters. The molecule has 0 saturated carbocycles. The molecule has 1 N–H and O–H groups in total. The lowest BCUT2D eigenvalue weighted by atomic mass is 10.0. The van der Waals surface area contributed by atoms with Crippen LogP contribution in [0.5, 0.6) is 5.75 Å². The molecule has 0 bridgehead atoms. The average molecular weight is 393 g/mol. The molecule has 0 spiro atoms. The summed E-state index contributed by atoms with van der Waals surface area (Å²) < 4.78 is 5.58. The van der Waals surface area contributed by atoms with Crippen LogP contribution in [-0.2, 0) is 4.79 Å². The summed E-state index contributed by atoms with van der Waals surface area (Å²) in [7, 11) is 0. The normalized spacial score (nSPS) is 14.9. The van der Waals surface area contributed by atoms with Crippen LogP contribution in [0.15, 0.2) is 41.1 Å². The van der Waals surface area contributed by atoms with Crippen LogP contribution in [0.2, 0.25) is 5.02 Å². The number of rotatable bonds is 6. The number of benzene rings is 1. The second-order valence-corrected chi connectivity index (χ2v) is 7.41. The topological polar surface area (TPSA) is 58.6 Å². The number of likely N-dealkylation sites (tertiary alicyclic amines) is 1. The summed E-state index contributed by atoms with van der Waals surface area (Å²) in [6.45, 7) is 1.66. The highest BCUT2D eigenvalue weighted by atomic mass is 35.5. The molecular formula is C19H21ClN2O3S. The Bertz CT molecular complexity index is 726. The van der Waals surface area contributed by atoms with Crippen molar-refractivity contribution in [2.45, 2.75) is 25.3 Å². The number of piperidine rings is 1. The van der Waals surface area contributed by atoms with E-state index in [0.717, 1.165) is 12.8 Å². The van der Waals surface area contributed by atoms with Crippen molar-refractivity contribution in [3.05, 3.63) is 51.7 Å². The number of thiophene rings is 1. The largest absolute Gasteiger partial charge is 0.493 e. The molecule has 1 fully saturated rings. The van der Waals surface area contributed by atoms with Crippen LogP contribution in [0.4, 0.5) is 0 Å². The quantitative estimate of drug-likeness (QED) is 0.817. The number of amides is 2. The van der Waals surface area contributed by atoms with Gasteiger partial charge < -0.3 is 15.0 Å². The highest BCUT2D eigenvalue weighted by Gasteiger charge is 2.24. The summed E-state index contributed by atoms with van der Waals surface area (Å²) in [5, 5.41) is 7.43. The SMILES string of the molecule is O=C(NC1CCN(C(=O)CCOc2ccc(Cl)cc2)CC1)c1ccsc1. The van der Waals surface area contributed by atoms with Gasteiger partial charge in [0.25, 0.3) is 5.91 Å². The Morgan fingerprint density at radius 2 is 1.92 bits per heavy atom. The van der Waals surface area contributed by atoms with E-state index in [1.165, 1.54) is 11.3 Å². The van der Waals surface area contributed by atoms with E-state index in [9.17, 15) is 9.59 Å². The van der Waals surface area contributed by atoms with E-state index in [0.29, 0.717) is 42.5 Å². The minimum atomic E-state index is -0.0348. The van der Waals surface area contributed by atoms with E-state index in [-0.39, 0.29) is 17.9 Å². The number of ether oxygens (including phenoxy) is 1. The molecule has 138 valence electrons. The molecular weight excluding hydrogens is 372 g/mol. The molecule has 7 heteroatoms. The van der Waals surface area contributed by atoms with Gasteiger partial charge in [0, 0.05) is 35.1 Å². The molecule has 2 heterocycles. The van der Waals surface area contributed by atoms with Gasteiger partial charge in [-0.15, -0.1) is 0 Å². The van der Waals surface area contributed by atoms with E-state index in [1.807, 2.05) is 21.7 Å². The molecule has 0 aliphatic carbocycles. The minimum absolute atomic E-state index is 0.0348. The van der Waals surface area contributed by atoms with E-state index >= 15 is 0 Å². The molecule has 2 amide bonds. The van der Waals surface area contributed by atoms with Gasteiger partial charge in [0.1, 0.15) is 5.75 Å². The van der Waals surface area contributed by atoms with Crippen molar-refractivity contribution in [3.8, 4) is 5.75 Å². The van der Waals surface area contributed by atoms with Gasteiger partial charge in [0.2, 0.25) is 5.91 Å². The fourth-order valence-corrected chi connectivity index (χ4v) is 3.64. The molecule has 1 aliphatic rings. The first-order valence-electron chi connectivity index (χ1n) is 8.61. The summed E-state index contributed by atoms with van der Waals surface area (Å²) in [5.74, 6) is 0.756. The van der Waals surface area contributed by atoms with Gasteiger partial charge in [0.15, 0.2) is 0 Å². The van der Waals surface area contributed by atoms with Crippen LogP contribution in [0.3, 0.4) is 0 Å². The molecule has 0 radical (unpaired) electrons. The van der Waals surface area contributed by atoms with Crippen LogP contribution < -0.4 is 10.1 Å². The highest BCUT2D eigenvalue weighted by molar-refractivity contribution is 7.08. The predicted octanol–water partition coefficient (Wildman–Crippen LogP) is 3.59. The second kappa shape index (κ2) is 9.05. The maximum absolute atomic E-state index is 12.3. The summed E-state index contributed by atoms with van der Waals surface area (Å²) in [4.78, 5) is 26.2. The van der Waals surface area contributed by atoms with Crippen LogP contribution in [0, 0.1) is 0 Å². The van der Waals surface area contributed by atoms with Gasteiger partial charge in [-0.3, -0.25) is 9.59 Å². The Labute approximate surface area is 161 Å². The van der Waals surface area contributed by atoms with Crippen molar-refractivity contribution in [1.82, 2.24) is 10.2 Å². The summed E-state index contributed by atoms with van der Waals surface area (Å²) in [6.07, 6.45) is 1.90. The number of hydrogen-bond acceptors (Lipinski definition) is 4. The van der Waals surface area contributed by atoms with E-state index < -0.39 is 0 Å². The van der Waals surface area contributed by atoms with E-state index in [1.54, 1.807) is 24.3 Å². The predicted molar refractivity (Wildman–Crippen MR) is 103 cm³/mol. The Morgan fingerprint density at radius 3 is 2.58 bits per heavy atom. The highest BCUT2D eigenvalue weighted by Crippen LogP contribution is 2.17. The third-order valence-corrected chi connectivity index (χ3v) is 5.30. The monoisotopic (exact) mass is 392 g/mol. The van der Waals surface area contributed by atoms with Gasteiger partial charge in [-0.05, 0) is 48.6 Å². The van der Waals surface area contributed by atoms with E-state index in [4.69, 9.17) is 16.3 Å². The zero-order valence-electron chi connectivity index (χ0n) is 14.3. The van der Waals surface area contributed by atoms with Gasteiger partial charge in [0.05, 0.1) is 13.0 Å². The van der Waals surface area contributed by atoms with Gasteiger partial charge in [-0.25, -0.2) is 0 Å². The van der Waals surface area contributed by atoms with Crippen molar-refractivity contribution in [2.24, 2.45) is 0 Å². The standard InChI is InChI=1S/C19H21ClN2O3S/c20-15-1-3-17(4-2-15)25-11-7-18(23)22-9-5-16(6-10-22)21-19(24)14-8-12-26-13-14/h1-4,8,12-13,16H,5-7,9-11H2,(H,21,24). The molecule has 26 heavy (non-hydrogen) atoms. The van der Waals surface area contributed by atoms with Crippen LogP contribution in [0.25, 0.3) is 0 Å².